The van der Waals surface area contributed by atoms with Gasteiger partial charge in [0.1, 0.15) is 0 Å². The molecule has 0 radical (unpaired) electrons. The van der Waals surface area contributed by atoms with Gasteiger partial charge in [0.25, 0.3) is 0 Å². The number of nitrogens with zero attached hydrogens (tertiary/aromatic N) is 2. The Bertz CT molecular complexity index is 344. The van der Waals surface area contributed by atoms with Crippen LogP contribution in [0.1, 0.15) is 32.3 Å². The number of hydrogen-bond donors (Lipinski definition) is 1. The van der Waals surface area contributed by atoms with Crippen LogP contribution in [0.4, 0.5) is 0 Å². The first-order valence-electron chi connectivity index (χ1n) is 7.10. The molecule has 1 aliphatic rings. The van der Waals surface area contributed by atoms with Gasteiger partial charge in [-0.25, -0.2) is 0 Å². The predicted octanol–water partition coefficient (Wildman–Crippen LogP) is 2.29. The number of hydrogen-bond acceptors (Lipinski definition) is 3. The van der Waals surface area contributed by atoms with Crippen molar-refractivity contribution in [3.8, 4) is 0 Å². The van der Waals surface area contributed by atoms with Crippen molar-refractivity contribution in [2.75, 3.05) is 26.2 Å². The Labute approximate surface area is 111 Å². The van der Waals surface area contributed by atoms with Gasteiger partial charge in [0.15, 0.2) is 0 Å². The summed E-state index contributed by atoms with van der Waals surface area (Å²) in [4.78, 5) is 6.64. The molecular formula is C15H25N3. The Kier molecular flexibility index (Phi) is 4.72. The summed E-state index contributed by atoms with van der Waals surface area (Å²) in [5.41, 5.74) is 1.85. The maximum atomic E-state index is 4.08. The zero-order valence-corrected chi connectivity index (χ0v) is 11.7. The average Bonchev–Trinajstić information content (AvgIpc) is 2.88. The summed E-state index contributed by atoms with van der Waals surface area (Å²) in [7, 11) is 0. The van der Waals surface area contributed by atoms with Crippen molar-refractivity contribution in [3.63, 3.8) is 0 Å². The van der Waals surface area contributed by atoms with Crippen LogP contribution < -0.4 is 5.32 Å². The molecule has 3 nitrogen and oxygen atoms in total. The summed E-state index contributed by atoms with van der Waals surface area (Å²) >= 11 is 0. The van der Waals surface area contributed by atoms with E-state index in [1.807, 2.05) is 12.4 Å². The van der Waals surface area contributed by atoms with Gasteiger partial charge in [-0.05, 0) is 49.0 Å². The van der Waals surface area contributed by atoms with Crippen LogP contribution in [0.2, 0.25) is 0 Å². The highest BCUT2D eigenvalue weighted by atomic mass is 15.1. The number of pyridine rings is 1. The van der Waals surface area contributed by atoms with Crippen LogP contribution in [0, 0.1) is 5.41 Å². The molecule has 3 heteroatoms. The predicted molar refractivity (Wildman–Crippen MR) is 75.4 cm³/mol. The standard InChI is InChI=1S/C15H25N3/c1-3-15(7-10-17-12-15)13-18(4-2)11-14-5-8-16-9-6-14/h5-6,8-9,17H,3-4,7,10-13H2,1-2H3. The quantitative estimate of drug-likeness (QED) is 0.836. The Hall–Kier alpha value is -0.930. The molecule has 1 unspecified atom stereocenters. The average molecular weight is 247 g/mol. The highest BCUT2D eigenvalue weighted by Gasteiger charge is 2.33. The molecule has 0 saturated carbocycles. The van der Waals surface area contributed by atoms with Crippen LogP contribution in [-0.4, -0.2) is 36.1 Å². The number of rotatable bonds is 6. The maximum Gasteiger partial charge on any atom is 0.0271 e. The van der Waals surface area contributed by atoms with E-state index in [2.05, 4.69) is 41.2 Å². The van der Waals surface area contributed by atoms with Gasteiger partial charge in [-0.2, -0.15) is 0 Å². The van der Waals surface area contributed by atoms with Crippen molar-refractivity contribution >= 4 is 0 Å². The fourth-order valence-corrected chi connectivity index (χ4v) is 2.84. The number of nitrogens with one attached hydrogen (secondary N) is 1. The first-order chi connectivity index (χ1) is 8.78. The third-order valence-corrected chi connectivity index (χ3v) is 4.24. The molecule has 2 heterocycles. The first-order valence-corrected chi connectivity index (χ1v) is 7.10. The minimum Gasteiger partial charge on any atom is -0.316 e. The van der Waals surface area contributed by atoms with Gasteiger partial charge in [0.05, 0.1) is 0 Å². The fourth-order valence-electron chi connectivity index (χ4n) is 2.84. The molecule has 0 aromatic carbocycles. The van der Waals surface area contributed by atoms with E-state index in [0.717, 1.165) is 13.1 Å². The molecule has 0 amide bonds. The molecule has 1 saturated heterocycles. The second-order valence-corrected chi connectivity index (χ2v) is 5.44. The Morgan fingerprint density at radius 2 is 2.11 bits per heavy atom. The van der Waals surface area contributed by atoms with E-state index in [9.17, 15) is 0 Å². The van der Waals surface area contributed by atoms with Crippen LogP contribution in [-0.2, 0) is 6.54 Å². The Morgan fingerprint density at radius 3 is 2.67 bits per heavy atom. The molecule has 1 atom stereocenters. The highest BCUT2D eigenvalue weighted by molar-refractivity contribution is 5.09. The molecule has 2 rings (SSSR count). The third-order valence-electron chi connectivity index (χ3n) is 4.24. The topological polar surface area (TPSA) is 28.2 Å². The summed E-state index contributed by atoms with van der Waals surface area (Å²) in [6, 6.07) is 4.24. The molecule has 0 bridgehead atoms. The van der Waals surface area contributed by atoms with Crippen molar-refractivity contribution in [2.45, 2.75) is 33.2 Å². The second-order valence-electron chi connectivity index (χ2n) is 5.44. The smallest absolute Gasteiger partial charge is 0.0271 e. The lowest BCUT2D eigenvalue weighted by atomic mass is 9.83. The Balaban J connectivity index is 1.96. The normalized spacial score (nSPS) is 23.7. The van der Waals surface area contributed by atoms with Crippen LogP contribution in [0.15, 0.2) is 24.5 Å². The second kappa shape index (κ2) is 6.30. The van der Waals surface area contributed by atoms with E-state index in [-0.39, 0.29) is 0 Å². The van der Waals surface area contributed by atoms with Crippen LogP contribution in [0.3, 0.4) is 0 Å². The summed E-state index contributed by atoms with van der Waals surface area (Å²) in [6.45, 7) is 10.3. The summed E-state index contributed by atoms with van der Waals surface area (Å²) in [5.74, 6) is 0. The van der Waals surface area contributed by atoms with Gasteiger partial charge in [-0.15, -0.1) is 0 Å². The van der Waals surface area contributed by atoms with Gasteiger partial charge in [0.2, 0.25) is 0 Å². The fraction of sp³-hybridized carbons (Fsp3) is 0.667. The van der Waals surface area contributed by atoms with Crippen molar-refractivity contribution in [3.05, 3.63) is 30.1 Å². The van der Waals surface area contributed by atoms with Gasteiger partial charge in [-0.3, -0.25) is 9.88 Å². The van der Waals surface area contributed by atoms with Crippen molar-refractivity contribution in [1.82, 2.24) is 15.2 Å². The molecular weight excluding hydrogens is 222 g/mol. The summed E-state index contributed by atoms with van der Waals surface area (Å²) < 4.78 is 0. The van der Waals surface area contributed by atoms with E-state index in [4.69, 9.17) is 0 Å². The zero-order valence-electron chi connectivity index (χ0n) is 11.7. The van der Waals surface area contributed by atoms with E-state index in [1.165, 1.54) is 38.0 Å². The molecule has 1 N–H and O–H groups in total. The van der Waals surface area contributed by atoms with E-state index < -0.39 is 0 Å². The molecule has 100 valence electrons. The molecule has 0 aliphatic carbocycles. The SMILES string of the molecule is CCN(Cc1ccncc1)CC1(CC)CCNC1. The summed E-state index contributed by atoms with van der Waals surface area (Å²) in [5, 5.41) is 3.52. The molecule has 18 heavy (non-hydrogen) atoms. The van der Waals surface area contributed by atoms with Crippen LogP contribution >= 0.6 is 0 Å². The van der Waals surface area contributed by atoms with E-state index in [0.29, 0.717) is 5.41 Å². The first kappa shape index (κ1) is 13.5. The van der Waals surface area contributed by atoms with Gasteiger partial charge in [0, 0.05) is 32.0 Å². The lowest BCUT2D eigenvalue weighted by Crippen LogP contribution is -2.38. The van der Waals surface area contributed by atoms with Crippen LogP contribution in [0.25, 0.3) is 0 Å². The largest absolute Gasteiger partial charge is 0.316 e. The molecule has 1 aromatic rings. The van der Waals surface area contributed by atoms with Crippen molar-refractivity contribution in [1.29, 1.82) is 0 Å². The van der Waals surface area contributed by atoms with Gasteiger partial charge >= 0.3 is 0 Å². The molecule has 1 aromatic heterocycles. The Morgan fingerprint density at radius 1 is 1.33 bits per heavy atom. The van der Waals surface area contributed by atoms with Gasteiger partial charge in [-0.1, -0.05) is 13.8 Å². The van der Waals surface area contributed by atoms with Crippen molar-refractivity contribution in [2.24, 2.45) is 5.41 Å². The lowest BCUT2D eigenvalue weighted by molar-refractivity contribution is 0.158. The van der Waals surface area contributed by atoms with E-state index in [1.54, 1.807) is 0 Å². The molecule has 1 aliphatic heterocycles. The van der Waals surface area contributed by atoms with Crippen molar-refractivity contribution < 1.29 is 0 Å². The monoisotopic (exact) mass is 247 g/mol. The van der Waals surface area contributed by atoms with E-state index >= 15 is 0 Å². The number of aromatic nitrogens is 1. The minimum absolute atomic E-state index is 0.489. The third kappa shape index (κ3) is 3.30. The van der Waals surface area contributed by atoms with Gasteiger partial charge < -0.3 is 5.32 Å². The minimum atomic E-state index is 0.489. The highest BCUT2D eigenvalue weighted by Crippen LogP contribution is 2.30. The lowest BCUT2D eigenvalue weighted by Gasteiger charge is -2.33. The molecule has 0 spiro atoms. The molecule has 1 fully saturated rings. The van der Waals surface area contributed by atoms with Crippen LogP contribution in [0.5, 0.6) is 0 Å². The maximum absolute atomic E-state index is 4.08. The zero-order chi connectivity index (χ0) is 12.8. The summed E-state index contributed by atoms with van der Waals surface area (Å²) in [6.07, 6.45) is 6.36.